The van der Waals surface area contributed by atoms with Gasteiger partial charge in [-0.3, -0.25) is 9.36 Å². The first-order valence-corrected chi connectivity index (χ1v) is 11.3. The number of hydrogen-bond acceptors (Lipinski definition) is 6. The number of amides is 1. The molecule has 0 aliphatic carbocycles. The fraction of sp³-hybridized carbons (Fsp3) is 0.120. The highest BCUT2D eigenvalue weighted by molar-refractivity contribution is 7.99. The lowest BCUT2D eigenvalue weighted by Gasteiger charge is -2.10. The van der Waals surface area contributed by atoms with Crippen molar-refractivity contribution in [2.75, 3.05) is 5.75 Å². The van der Waals surface area contributed by atoms with Gasteiger partial charge in [-0.1, -0.05) is 59.8 Å². The predicted molar refractivity (Wildman–Crippen MR) is 131 cm³/mol. The van der Waals surface area contributed by atoms with Crippen molar-refractivity contribution in [3.8, 4) is 17.1 Å². The number of nitrogens with zero attached hydrogens (tertiary/aromatic N) is 4. The minimum absolute atomic E-state index is 0.150. The third kappa shape index (κ3) is 5.87. The van der Waals surface area contributed by atoms with Crippen LogP contribution in [0.4, 0.5) is 0 Å². The smallest absolute Gasteiger partial charge is 0.250 e. The molecule has 1 N–H and O–H groups in total. The lowest BCUT2D eigenvalue weighted by molar-refractivity contribution is -0.118. The fourth-order valence-corrected chi connectivity index (χ4v) is 3.81. The number of carbonyl (C=O) groups is 1. The summed E-state index contributed by atoms with van der Waals surface area (Å²) in [5.74, 6) is 1.36. The number of benzene rings is 2. The van der Waals surface area contributed by atoms with Gasteiger partial charge in [0.25, 0.3) is 5.91 Å². The molecule has 1 amide bonds. The van der Waals surface area contributed by atoms with E-state index in [1.54, 1.807) is 12.5 Å². The van der Waals surface area contributed by atoms with E-state index in [9.17, 15) is 4.79 Å². The van der Waals surface area contributed by atoms with E-state index in [0.717, 1.165) is 34.0 Å². The van der Waals surface area contributed by atoms with Gasteiger partial charge in [0.05, 0.1) is 18.2 Å². The summed E-state index contributed by atoms with van der Waals surface area (Å²) in [4.78, 5) is 12.3. The summed E-state index contributed by atoms with van der Waals surface area (Å²) < 4.78 is 7.23. The van der Waals surface area contributed by atoms with Gasteiger partial charge in [0.1, 0.15) is 5.76 Å². The Hall–Kier alpha value is -3.91. The Morgan fingerprint density at radius 3 is 2.61 bits per heavy atom. The largest absolute Gasteiger partial charge is 0.465 e. The van der Waals surface area contributed by atoms with Gasteiger partial charge in [-0.15, -0.1) is 10.2 Å². The number of carbonyl (C=O) groups excluding carboxylic acids is 1. The van der Waals surface area contributed by atoms with Crippen LogP contribution in [0.5, 0.6) is 0 Å². The number of rotatable bonds is 8. The minimum atomic E-state index is -0.234. The number of hydrogen-bond donors (Lipinski definition) is 1. The van der Waals surface area contributed by atoms with E-state index in [4.69, 9.17) is 4.42 Å². The number of allylic oxidation sites excluding steroid dienone is 1. The molecular formula is C25H23N5O2S. The second-order valence-corrected chi connectivity index (χ2v) is 8.27. The third-order valence-corrected chi connectivity index (χ3v) is 5.59. The van der Waals surface area contributed by atoms with Crippen LogP contribution in [0.15, 0.2) is 93.2 Å². The van der Waals surface area contributed by atoms with Crippen molar-refractivity contribution < 1.29 is 9.21 Å². The molecule has 4 rings (SSSR count). The molecule has 0 bridgehead atoms. The maximum absolute atomic E-state index is 12.3. The Morgan fingerprint density at radius 2 is 1.88 bits per heavy atom. The Morgan fingerprint density at radius 1 is 1.09 bits per heavy atom. The molecule has 0 aliphatic rings. The van der Waals surface area contributed by atoms with Crippen molar-refractivity contribution in [3.63, 3.8) is 0 Å². The Balaban J connectivity index is 1.46. The van der Waals surface area contributed by atoms with E-state index >= 15 is 0 Å². The molecule has 0 radical (unpaired) electrons. The van der Waals surface area contributed by atoms with Gasteiger partial charge < -0.3 is 4.42 Å². The van der Waals surface area contributed by atoms with E-state index in [2.05, 4.69) is 20.7 Å². The van der Waals surface area contributed by atoms with E-state index in [1.165, 1.54) is 11.8 Å². The van der Waals surface area contributed by atoms with Crippen LogP contribution in [0.3, 0.4) is 0 Å². The summed E-state index contributed by atoms with van der Waals surface area (Å²) in [5, 5.41) is 13.4. The molecule has 0 saturated carbocycles. The summed E-state index contributed by atoms with van der Waals surface area (Å²) in [5.41, 5.74) is 6.45. The molecule has 4 aromatic rings. The standard InChI is InChI=1S/C25H23N5O2S/c1-18-10-12-21(13-11-18)30-24(20-7-4-3-5-8-20)28-29-25(30)33-17-23(31)27-26-16-19(2)15-22-9-6-14-32-22/h3-16H,17H2,1-2H3,(H,27,31)/b19-15+,26-16+. The van der Waals surface area contributed by atoms with E-state index < -0.39 is 0 Å². The highest BCUT2D eigenvalue weighted by atomic mass is 32.2. The Bertz CT molecular complexity index is 1260. The molecule has 2 aromatic heterocycles. The maximum atomic E-state index is 12.3. The number of hydrazone groups is 1. The third-order valence-electron chi connectivity index (χ3n) is 4.66. The van der Waals surface area contributed by atoms with Crippen LogP contribution in [-0.4, -0.2) is 32.6 Å². The molecule has 2 aromatic carbocycles. The summed E-state index contributed by atoms with van der Waals surface area (Å²) in [6.45, 7) is 3.92. The molecule has 8 heteroatoms. The highest BCUT2D eigenvalue weighted by Crippen LogP contribution is 2.28. The number of nitrogens with one attached hydrogen (secondary N) is 1. The summed E-state index contributed by atoms with van der Waals surface area (Å²) >= 11 is 1.31. The van der Waals surface area contributed by atoms with Crippen molar-refractivity contribution in [2.45, 2.75) is 19.0 Å². The van der Waals surface area contributed by atoms with E-state index in [-0.39, 0.29) is 11.7 Å². The van der Waals surface area contributed by atoms with Crippen LogP contribution in [-0.2, 0) is 4.79 Å². The van der Waals surface area contributed by atoms with Gasteiger partial charge in [-0.05, 0) is 49.8 Å². The topological polar surface area (TPSA) is 85.3 Å². The summed E-state index contributed by atoms with van der Waals surface area (Å²) in [7, 11) is 0. The molecule has 0 aliphatic heterocycles. The molecule has 33 heavy (non-hydrogen) atoms. The van der Waals surface area contributed by atoms with Crippen LogP contribution in [0, 0.1) is 6.92 Å². The van der Waals surface area contributed by atoms with Crippen molar-refractivity contribution >= 4 is 30.0 Å². The molecule has 166 valence electrons. The Labute approximate surface area is 196 Å². The van der Waals surface area contributed by atoms with Crippen molar-refractivity contribution in [1.29, 1.82) is 0 Å². The van der Waals surface area contributed by atoms with Crippen LogP contribution >= 0.6 is 11.8 Å². The first-order valence-electron chi connectivity index (χ1n) is 10.3. The Kier molecular flexibility index (Phi) is 7.16. The lowest BCUT2D eigenvalue weighted by Crippen LogP contribution is -2.20. The van der Waals surface area contributed by atoms with Crippen LogP contribution in [0.2, 0.25) is 0 Å². The molecule has 0 atom stereocenters. The van der Waals surface area contributed by atoms with Crippen LogP contribution in [0.1, 0.15) is 18.2 Å². The van der Waals surface area contributed by atoms with Gasteiger partial charge in [0.15, 0.2) is 11.0 Å². The zero-order valence-electron chi connectivity index (χ0n) is 18.3. The van der Waals surface area contributed by atoms with Gasteiger partial charge in [0, 0.05) is 11.3 Å². The van der Waals surface area contributed by atoms with Crippen molar-refractivity contribution in [1.82, 2.24) is 20.2 Å². The maximum Gasteiger partial charge on any atom is 0.250 e. The van der Waals surface area contributed by atoms with Gasteiger partial charge in [-0.2, -0.15) is 5.10 Å². The minimum Gasteiger partial charge on any atom is -0.465 e. The zero-order valence-corrected chi connectivity index (χ0v) is 19.1. The second-order valence-electron chi connectivity index (χ2n) is 7.33. The molecule has 7 nitrogen and oxygen atoms in total. The normalized spacial score (nSPS) is 11.8. The quantitative estimate of drug-likeness (QED) is 0.225. The number of thioether (sulfide) groups is 1. The molecule has 0 fully saturated rings. The van der Waals surface area contributed by atoms with Crippen molar-refractivity contribution in [3.05, 3.63) is 89.9 Å². The zero-order chi connectivity index (χ0) is 23.0. The van der Waals surface area contributed by atoms with Gasteiger partial charge >= 0.3 is 0 Å². The SMILES string of the molecule is CC(/C=N/NC(=O)CSc1nnc(-c2ccccc2)n1-c1ccc(C)cc1)=C\c1ccco1. The number of aryl methyl sites for hydroxylation is 1. The second kappa shape index (κ2) is 10.6. The summed E-state index contributed by atoms with van der Waals surface area (Å²) in [6, 6.07) is 21.6. The molecule has 0 unspecified atom stereocenters. The number of furan rings is 1. The van der Waals surface area contributed by atoms with Crippen LogP contribution < -0.4 is 5.43 Å². The lowest BCUT2D eigenvalue weighted by atomic mass is 10.2. The van der Waals surface area contributed by atoms with E-state index in [0.29, 0.717) is 5.16 Å². The number of aromatic nitrogens is 3. The monoisotopic (exact) mass is 457 g/mol. The van der Waals surface area contributed by atoms with Crippen molar-refractivity contribution in [2.24, 2.45) is 5.10 Å². The highest BCUT2D eigenvalue weighted by Gasteiger charge is 2.17. The molecular weight excluding hydrogens is 434 g/mol. The first-order chi connectivity index (χ1) is 16.1. The predicted octanol–water partition coefficient (Wildman–Crippen LogP) is 5.13. The molecule has 0 spiro atoms. The fourth-order valence-electron chi connectivity index (χ4n) is 3.07. The average Bonchev–Trinajstić information content (AvgIpc) is 3.49. The van der Waals surface area contributed by atoms with Gasteiger partial charge in [-0.25, -0.2) is 5.43 Å². The summed E-state index contributed by atoms with van der Waals surface area (Å²) in [6.07, 6.45) is 5.01. The van der Waals surface area contributed by atoms with Gasteiger partial charge in [0.2, 0.25) is 0 Å². The molecule has 2 heterocycles. The molecule has 0 saturated heterocycles. The average molecular weight is 458 g/mol. The van der Waals surface area contributed by atoms with Crippen LogP contribution in [0.25, 0.3) is 23.2 Å². The first kappa shape index (κ1) is 22.3. The van der Waals surface area contributed by atoms with E-state index in [1.807, 2.05) is 91.2 Å².